The summed E-state index contributed by atoms with van der Waals surface area (Å²) in [6.07, 6.45) is 3.45. The lowest BCUT2D eigenvalue weighted by molar-refractivity contribution is 0.0716. The van der Waals surface area contributed by atoms with Crippen molar-refractivity contribution in [2.75, 3.05) is 0 Å². The zero-order chi connectivity index (χ0) is 12.5. The molecule has 0 saturated heterocycles. The first kappa shape index (κ1) is 10.7. The summed E-state index contributed by atoms with van der Waals surface area (Å²) in [5, 5.41) is 0. The number of hydrogen-bond acceptors (Lipinski definition) is 3. The molecule has 1 aliphatic rings. The third-order valence-corrected chi connectivity index (χ3v) is 3.04. The Balaban J connectivity index is 2.17. The maximum absolute atomic E-state index is 11.7. The Labute approximate surface area is 105 Å². The van der Waals surface area contributed by atoms with Gasteiger partial charge in [-0.15, -0.1) is 0 Å². The van der Waals surface area contributed by atoms with E-state index in [0.717, 1.165) is 16.7 Å². The van der Waals surface area contributed by atoms with E-state index in [1.165, 1.54) is 0 Å². The molecule has 0 spiro atoms. The number of esters is 1. The van der Waals surface area contributed by atoms with Gasteiger partial charge in [0.15, 0.2) is 0 Å². The van der Waals surface area contributed by atoms with Gasteiger partial charge in [-0.1, -0.05) is 18.2 Å². The molecule has 3 nitrogen and oxygen atoms in total. The topological polar surface area (TPSA) is 39.2 Å². The molecule has 88 valence electrons. The minimum Gasteiger partial charge on any atom is -0.422 e. The fourth-order valence-corrected chi connectivity index (χ4v) is 2.07. The van der Waals surface area contributed by atoms with E-state index in [9.17, 15) is 4.79 Å². The Kier molecular flexibility index (Phi) is 2.45. The molecule has 0 amide bonds. The molecule has 3 rings (SSSR count). The number of carbonyl (C=O) groups excluding carboxylic acids is 1. The van der Waals surface area contributed by atoms with Crippen molar-refractivity contribution in [3.63, 3.8) is 0 Å². The molecule has 18 heavy (non-hydrogen) atoms. The van der Waals surface area contributed by atoms with Crippen LogP contribution in [-0.4, -0.2) is 11.0 Å². The zero-order valence-electron chi connectivity index (χ0n) is 9.88. The third kappa shape index (κ3) is 1.61. The van der Waals surface area contributed by atoms with E-state index in [2.05, 4.69) is 4.98 Å². The number of nitrogens with zero attached hydrogens (tertiary/aromatic N) is 1. The molecule has 0 radical (unpaired) electrons. The third-order valence-electron chi connectivity index (χ3n) is 3.04. The van der Waals surface area contributed by atoms with Gasteiger partial charge in [0, 0.05) is 18.0 Å². The van der Waals surface area contributed by atoms with Crippen LogP contribution in [0.3, 0.4) is 0 Å². The predicted molar refractivity (Wildman–Crippen MR) is 68.6 cm³/mol. The molecule has 1 aromatic carbocycles. The highest BCUT2D eigenvalue weighted by Gasteiger charge is 2.27. The van der Waals surface area contributed by atoms with Crippen molar-refractivity contribution in [2.24, 2.45) is 0 Å². The van der Waals surface area contributed by atoms with E-state index < -0.39 is 0 Å². The summed E-state index contributed by atoms with van der Waals surface area (Å²) in [5.74, 6) is 0.357. The van der Waals surface area contributed by atoms with Crippen molar-refractivity contribution >= 4 is 17.3 Å². The van der Waals surface area contributed by atoms with E-state index >= 15 is 0 Å². The fraction of sp³-hybridized carbons (Fsp3) is 0.0667. The Hall–Kier alpha value is -2.42. The van der Waals surface area contributed by atoms with Gasteiger partial charge < -0.3 is 4.74 Å². The molecule has 0 fully saturated rings. The van der Waals surface area contributed by atoms with Crippen LogP contribution in [0.2, 0.25) is 0 Å². The molecule has 2 aromatic rings. The number of benzene rings is 1. The minimum absolute atomic E-state index is 0.283. The lowest BCUT2D eigenvalue weighted by Gasteiger charge is -2.05. The maximum Gasteiger partial charge on any atom is 0.344 e. The largest absolute Gasteiger partial charge is 0.422 e. The number of allylic oxidation sites excluding steroid dienone is 1. The second kappa shape index (κ2) is 4.11. The quantitative estimate of drug-likeness (QED) is 0.715. The van der Waals surface area contributed by atoms with Crippen LogP contribution in [-0.2, 0) is 4.74 Å². The number of fused-ring (bicyclic) bond motifs is 1. The Morgan fingerprint density at radius 1 is 1.06 bits per heavy atom. The molecule has 2 heterocycles. The van der Waals surface area contributed by atoms with Gasteiger partial charge >= 0.3 is 5.97 Å². The molecule has 0 bridgehead atoms. The number of carbonyl (C=O) groups is 1. The highest BCUT2D eigenvalue weighted by Crippen LogP contribution is 2.34. The summed E-state index contributed by atoms with van der Waals surface area (Å²) >= 11 is 0. The summed E-state index contributed by atoms with van der Waals surface area (Å²) < 4.78 is 5.37. The monoisotopic (exact) mass is 237 g/mol. The van der Waals surface area contributed by atoms with Crippen molar-refractivity contribution in [3.8, 4) is 0 Å². The first-order valence-corrected chi connectivity index (χ1v) is 5.70. The highest BCUT2D eigenvalue weighted by atomic mass is 16.5. The van der Waals surface area contributed by atoms with Gasteiger partial charge in [-0.25, -0.2) is 4.79 Å². The summed E-state index contributed by atoms with van der Waals surface area (Å²) in [7, 11) is 0. The van der Waals surface area contributed by atoms with E-state index in [1.54, 1.807) is 18.5 Å². The molecule has 0 unspecified atom stereocenters. The van der Waals surface area contributed by atoms with Gasteiger partial charge in [-0.3, -0.25) is 4.98 Å². The molecule has 1 aromatic heterocycles. The summed E-state index contributed by atoms with van der Waals surface area (Å²) in [6, 6.07) is 11.2. The van der Waals surface area contributed by atoms with Crippen molar-refractivity contribution in [1.82, 2.24) is 4.98 Å². The Morgan fingerprint density at radius 2 is 1.72 bits per heavy atom. The fourth-order valence-electron chi connectivity index (χ4n) is 2.07. The van der Waals surface area contributed by atoms with Gasteiger partial charge in [0.05, 0.1) is 5.56 Å². The molecule has 3 heteroatoms. The average Bonchev–Trinajstić information content (AvgIpc) is 2.77. The second-order valence-corrected chi connectivity index (χ2v) is 4.13. The summed E-state index contributed by atoms with van der Waals surface area (Å²) in [6.45, 7) is 1.94. The van der Waals surface area contributed by atoms with E-state index in [1.807, 2.05) is 37.3 Å². The first-order chi connectivity index (χ1) is 8.77. The number of pyridine rings is 1. The van der Waals surface area contributed by atoms with Crippen LogP contribution >= 0.6 is 0 Å². The van der Waals surface area contributed by atoms with Crippen molar-refractivity contribution in [3.05, 3.63) is 65.5 Å². The highest BCUT2D eigenvalue weighted by molar-refractivity contribution is 6.07. The molecule has 0 aliphatic carbocycles. The number of hydrogen-bond donors (Lipinski definition) is 0. The maximum atomic E-state index is 11.7. The van der Waals surface area contributed by atoms with Crippen LogP contribution in [0.5, 0.6) is 0 Å². The van der Waals surface area contributed by atoms with E-state index in [4.69, 9.17) is 4.74 Å². The lowest BCUT2D eigenvalue weighted by atomic mass is 10.0. The van der Waals surface area contributed by atoms with Gasteiger partial charge in [-0.2, -0.15) is 0 Å². The molecule has 0 saturated carbocycles. The number of rotatable bonds is 1. The predicted octanol–water partition coefficient (Wildman–Crippen LogP) is 3.14. The molecular formula is C15H11NO2. The number of aromatic nitrogens is 1. The normalized spacial score (nSPS) is 16.2. The van der Waals surface area contributed by atoms with Gasteiger partial charge in [0.25, 0.3) is 0 Å². The zero-order valence-corrected chi connectivity index (χ0v) is 9.88. The lowest BCUT2D eigenvalue weighted by Crippen LogP contribution is -1.93. The van der Waals surface area contributed by atoms with Crippen LogP contribution in [0.15, 0.2) is 48.8 Å². The van der Waals surface area contributed by atoms with Crippen LogP contribution in [0.4, 0.5) is 0 Å². The number of cyclic esters (lactones) is 1. The summed E-state index contributed by atoms with van der Waals surface area (Å²) in [4.78, 5) is 15.7. The van der Waals surface area contributed by atoms with Crippen LogP contribution in [0, 0.1) is 0 Å². The molecular weight excluding hydrogens is 226 g/mol. The van der Waals surface area contributed by atoms with Gasteiger partial charge in [0.1, 0.15) is 5.76 Å². The van der Waals surface area contributed by atoms with Crippen LogP contribution in [0.25, 0.3) is 11.3 Å². The Bertz CT molecular complexity index is 645. The van der Waals surface area contributed by atoms with Gasteiger partial charge in [-0.05, 0) is 36.3 Å². The standard InChI is InChI=1S/C15H11NO2/c1-10(11-6-8-16-9-7-11)14-12-4-2-3-5-13(12)15(17)18-14/h2-9H,1H3/b14-10-. The molecule has 0 atom stereocenters. The summed E-state index contributed by atoms with van der Waals surface area (Å²) in [5.41, 5.74) is 3.43. The molecule has 1 aliphatic heterocycles. The second-order valence-electron chi connectivity index (χ2n) is 4.13. The van der Waals surface area contributed by atoms with Crippen molar-refractivity contribution < 1.29 is 9.53 Å². The van der Waals surface area contributed by atoms with E-state index in [-0.39, 0.29) is 5.97 Å². The SMILES string of the molecule is C/C(=C1/OC(=O)c2ccccc21)c1ccncc1. The van der Waals surface area contributed by atoms with Crippen molar-refractivity contribution in [2.45, 2.75) is 6.92 Å². The van der Waals surface area contributed by atoms with Crippen molar-refractivity contribution in [1.29, 1.82) is 0 Å². The van der Waals surface area contributed by atoms with Crippen LogP contribution < -0.4 is 0 Å². The first-order valence-electron chi connectivity index (χ1n) is 5.70. The van der Waals surface area contributed by atoms with Crippen LogP contribution in [0.1, 0.15) is 28.4 Å². The molecule has 0 N–H and O–H groups in total. The van der Waals surface area contributed by atoms with Gasteiger partial charge in [0.2, 0.25) is 0 Å². The Morgan fingerprint density at radius 3 is 2.44 bits per heavy atom. The average molecular weight is 237 g/mol. The minimum atomic E-state index is -0.283. The van der Waals surface area contributed by atoms with E-state index in [0.29, 0.717) is 11.3 Å². The number of ether oxygens (including phenoxy) is 1. The smallest absolute Gasteiger partial charge is 0.344 e.